The van der Waals surface area contributed by atoms with Gasteiger partial charge in [-0.05, 0) is 82.8 Å². The highest BCUT2D eigenvalue weighted by molar-refractivity contribution is 7.91. The number of nitrogens with zero attached hydrogens (tertiary/aromatic N) is 2. The molecule has 3 heterocycles. The molecule has 3 aliphatic carbocycles. The van der Waals surface area contributed by atoms with Crippen LogP contribution in [0.3, 0.4) is 0 Å². The van der Waals surface area contributed by atoms with Crippen LogP contribution in [0.15, 0.2) is 24.3 Å². The van der Waals surface area contributed by atoms with Crippen molar-refractivity contribution < 1.29 is 41.9 Å². The smallest absolute Gasteiger partial charge is 0.410 e. The van der Waals surface area contributed by atoms with E-state index in [1.165, 1.54) is 10.5 Å². The van der Waals surface area contributed by atoms with Gasteiger partial charge in [0.15, 0.2) is 0 Å². The largest absolute Gasteiger partial charge is 0.444 e. The minimum atomic E-state index is -3.88. The Morgan fingerprint density at radius 1 is 0.944 bits per heavy atom. The minimum Gasteiger partial charge on any atom is -0.444 e. The Labute approximate surface area is 317 Å². The van der Waals surface area contributed by atoms with E-state index in [2.05, 4.69) is 21.4 Å². The van der Waals surface area contributed by atoms with Gasteiger partial charge in [0.1, 0.15) is 29.3 Å². The molecule has 2 saturated heterocycles. The van der Waals surface area contributed by atoms with Gasteiger partial charge in [-0.25, -0.2) is 18.0 Å². The number of amides is 5. The van der Waals surface area contributed by atoms with E-state index >= 15 is 0 Å². The molecule has 0 bridgehead atoms. The third-order valence-corrected chi connectivity index (χ3v) is 14.0. The van der Waals surface area contributed by atoms with Crippen LogP contribution in [-0.4, -0.2) is 95.8 Å². The quantitative estimate of drug-likeness (QED) is 0.397. The zero-order valence-corrected chi connectivity index (χ0v) is 32.5. The summed E-state index contributed by atoms with van der Waals surface area (Å²) in [4.78, 5) is 72.4. The van der Waals surface area contributed by atoms with E-state index < -0.39 is 74.5 Å². The monoisotopic (exact) mass is 769 g/mol. The normalized spacial score (nSPS) is 29.9. The van der Waals surface area contributed by atoms with Crippen molar-refractivity contribution in [3.05, 3.63) is 35.4 Å². The van der Waals surface area contributed by atoms with Gasteiger partial charge in [-0.1, -0.05) is 62.8 Å². The highest BCUT2D eigenvalue weighted by Crippen LogP contribution is 2.49. The summed E-state index contributed by atoms with van der Waals surface area (Å²) in [6.45, 7) is 6.00. The molecule has 15 heteroatoms. The molecule has 5 amide bonds. The van der Waals surface area contributed by atoms with Crippen molar-refractivity contribution >= 4 is 39.9 Å². The van der Waals surface area contributed by atoms with Crippen LogP contribution in [0.2, 0.25) is 0 Å². The van der Waals surface area contributed by atoms with E-state index in [-0.39, 0.29) is 30.7 Å². The topological polar surface area (TPSA) is 181 Å². The molecule has 5 fully saturated rings. The summed E-state index contributed by atoms with van der Waals surface area (Å²) < 4.78 is 39.5. The summed E-state index contributed by atoms with van der Waals surface area (Å²) in [6.07, 6.45) is 7.05. The Balaban J connectivity index is 1.13. The fraction of sp³-hybridized carbons (Fsp3) is 0.718. The van der Waals surface area contributed by atoms with Gasteiger partial charge in [0, 0.05) is 24.9 Å². The number of hydrogen-bond donors (Lipinski definition) is 3. The molecule has 6 aliphatic rings. The SMILES string of the molecule is CC(C)(C)OC(=O)N[C@H]1CCCCCCC[C@@H]2C[C@@]2(C(=O)NS(=O)(=O)C2CC2)NC(=O)[C@@H]2C[C@@H](OC(=O)N3Cc4ccccc4C4(CCC4)C3)CN2C1=O. The molecule has 3 saturated carbocycles. The lowest BCUT2D eigenvalue weighted by Gasteiger charge is -2.49. The molecule has 0 aromatic heterocycles. The standard InChI is InChI=1S/C39H55N5O9S/c1-37(2,3)53-35(48)40-30-15-8-6-4-5-7-13-26-21-39(26,34(47)42-54(50,51)28-16-17-28)41-32(45)31-20-27(23-44(31)33(30)46)52-36(49)43-22-25-12-9-10-14-29(25)38(24-43)18-11-19-38/h9-10,12,14,26-28,30-31H,4-8,11,13,15-24H2,1-3H3,(H,40,48)(H,41,45)(H,42,47)/t26-,27-,30+,31+,39-/m1/s1. The molecule has 0 unspecified atom stereocenters. The number of ether oxygens (including phenoxy) is 2. The molecule has 1 aromatic rings. The van der Waals surface area contributed by atoms with E-state index in [4.69, 9.17) is 9.47 Å². The van der Waals surface area contributed by atoms with Gasteiger partial charge in [0.25, 0.3) is 5.91 Å². The first-order valence-corrected chi connectivity index (χ1v) is 21.4. The third-order valence-electron chi connectivity index (χ3n) is 12.2. The van der Waals surface area contributed by atoms with E-state index in [1.54, 1.807) is 25.7 Å². The number of alkyl carbamates (subject to hydrolysis) is 1. The molecule has 296 valence electrons. The molecule has 1 aromatic carbocycles. The Kier molecular flexibility index (Phi) is 10.4. The lowest BCUT2D eigenvalue weighted by Crippen LogP contribution is -2.58. The Hall–Kier alpha value is -3.88. The maximum atomic E-state index is 14.5. The first kappa shape index (κ1) is 38.4. The summed E-state index contributed by atoms with van der Waals surface area (Å²) >= 11 is 0. The molecular weight excluding hydrogens is 715 g/mol. The number of benzene rings is 1. The molecular formula is C39H55N5O9S. The van der Waals surface area contributed by atoms with Crippen molar-refractivity contribution in [1.82, 2.24) is 25.2 Å². The number of sulfonamides is 1. The predicted octanol–water partition coefficient (Wildman–Crippen LogP) is 4.15. The van der Waals surface area contributed by atoms with Crippen molar-refractivity contribution in [1.29, 1.82) is 0 Å². The van der Waals surface area contributed by atoms with Crippen LogP contribution in [0.1, 0.15) is 122 Å². The highest BCUT2D eigenvalue weighted by atomic mass is 32.2. The lowest BCUT2D eigenvalue weighted by molar-refractivity contribution is -0.141. The molecule has 54 heavy (non-hydrogen) atoms. The average Bonchev–Trinajstić information content (AvgIpc) is 4.01. The first-order valence-electron chi connectivity index (χ1n) is 19.8. The van der Waals surface area contributed by atoms with Crippen molar-refractivity contribution in [2.75, 3.05) is 13.1 Å². The summed E-state index contributed by atoms with van der Waals surface area (Å²) in [7, 11) is -3.88. The van der Waals surface area contributed by atoms with Crippen molar-refractivity contribution in [2.24, 2.45) is 5.92 Å². The molecule has 5 atom stereocenters. The Morgan fingerprint density at radius 2 is 1.65 bits per heavy atom. The minimum absolute atomic E-state index is 0.0270. The van der Waals surface area contributed by atoms with E-state index in [9.17, 15) is 32.4 Å². The maximum absolute atomic E-state index is 14.5. The summed E-state index contributed by atoms with van der Waals surface area (Å²) in [5.74, 6) is -2.16. The van der Waals surface area contributed by atoms with Crippen molar-refractivity contribution in [2.45, 2.75) is 157 Å². The Bertz CT molecular complexity index is 1770. The second-order valence-electron chi connectivity index (χ2n) is 17.5. The van der Waals surface area contributed by atoms with Gasteiger partial charge < -0.3 is 29.9 Å². The molecule has 14 nitrogen and oxygen atoms in total. The number of carbonyl (C=O) groups is 5. The van der Waals surface area contributed by atoms with Crippen LogP contribution in [0.5, 0.6) is 0 Å². The van der Waals surface area contributed by atoms with Crippen LogP contribution in [-0.2, 0) is 45.8 Å². The summed E-state index contributed by atoms with van der Waals surface area (Å²) in [5.41, 5.74) is 0.00272. The fourth-order valence-corrected chi connectivity index (χ4v) is 10.3. The number of nitrogens with one attached hydrogen (secondary N) is 3. The maximum Gasteiger partial charge on any atom is 0.410 e. The van der Waals surface area contributed by atoms with Crippen LogP contribution < -0.4 is 15.4 Å². The molecule has 3 aliphatic heterocycles. The molecule has 0 radical (unpaired) electrons. The molecule has 7 rings (SSSR count). The van der Waals surface area contributed by atoms with Gasteiger partial charge in [0.05, 0.1) is 11.8 Å². The summed E-state index contributed by atoms with van der Waals surface area (Å²) in [5, 5.41) is 5.02. The van der Waals surface area contributed by atoms with Crippen molar-refractivity contribution in [3.63, 3.8) is 0 Å². The van der Waals surface area contributed by atoms with Gasteiger partial charge in [-0.3, -0.25) is 19.1 Å². The predicted molar refractivity (Wildman–Crippen MR) is 197 cm³/mol. The van der Waals surface area contributed by atoms with Gasteiger partial charge >= 0.3 is 12.2 Å². The van der Waals surface area contributed by atoms with E-state index in [1.807, 2.05) is 18.2 Å². The number of hydrogen-bond acceptors (Lipinski definition) is 9. The second kappa shape index (κ2) is 14.6. The highest BCUT2D eigenvalue weighted by Gasteiger charge is 2.62. The third kappa shape index (κ3) is 8.06. The zero-order chi connectivity index (χ0) is 38.5. The molecule has 3 N–H and O–H groups in total. The van der Waals surface area contributed by atoms with E-state index in [0.29, 0.717) is 45.2 Å². The van der Waals surface area contributed by atoms with Crippen LogP contribution in [0, 0.1) is 5.92 Å². The van der Waals surface area contributed by atoms with Gasteiger partial charge in [0.2, 0.25) is 21.8 Å². The first-order chi connectivity index (χ1) is 25.6. The van der Waals surface area contributed by atoms with Crippen LogP contribution >= 0.6 is 0 Å². The summed E-state index contributed by atoms with van der Waals surface area (Å²) in [6, 6.07) is 6.02. The number of carbonyl (C=O) groups excluding carboxylic acids is 5. The average molecular weight is 770 g/mol. The lowest BCUT2D eigenvalue weighted by atomic mass is 9.61. The van der Waals surface area contributed by atoms with Crippen LogP contribution in [0.25, 0.3) is 0 Å². The number of fused-ring (bicyclic) bond motifs is 4. The molecule has 1 spiro atoms. The number of rotatable bonds is 5. The van der Waals surface area contributed by atoms with Gasteiger partial charge in [-0.2, -0.15) is 0 Å². The Morgan fingerprint density at radius 3 is 2.33 bits per heavy atom. The van der Waals surface area contributed by atoms with Crippen LogP contribution in [0.4, 0.5) is 9.59 Å². The van der Waals surface area contributed by atoms with E-state index in [0.717, 1.165) is 50.5 Å². The zero-order valence-electron chi connectivity index (χ0n) is 31.7. The second-order valence-corrected chi connectivity index (χ2v) is 19.4. The fourth-order valence-electron chi connectivity index (χ4n) is 8.97. The van der Waals surface area contributed by atoms with Crippen molar-refractivity contribution in [3.8, 4) is 0 Å². The van der Waals surface area contributed by atoms with Gasteiger partial charge in [-0.15, -0.1) is 0 Å².